The summed E-state index contributed by atoms with van der Waals surface area (Å²) < 4.78 is 7.04. The van der Waals surface area contributed by atoms with Gasteiger partial charge in [-0.3, -0.25) is 4.79 Å². The van der Waals surface area contributed by atoms with Crippen LogP contribution in [0.2, 0.25) is 5.02 Å². The van der Waals surface area contributed by atoms with Gasteiger partial charge >= 0.3 is 0 Å². The highest BCUT2D eigenvalue weighted by Crippen LogP contribution is 2.25. The summed E-state index contributed by atoms with van der Waals surface area (Å²) in [7, 11) is 0. The van der Waals surface area contributed by atoms with Gasteiger partial charge in [0.05, 0.1) is 28.7 Å². The molecule has 2 heterocycles. The Morgan fingerprint density at radius 1 is 1.21 bits per heavy atom. The van der Waals surface area contributed by atoms with Gasteiger partial charge in [0.25, 0.3) is 5.91 Å². The highest BCUT2D eigenvalue weighted by atomic mass is 35.5. The van der Waals surface area contributed by atoms with E-state index in [1.165, 1.54) is 0 Å². The van der Waals surface area contributed by atoms with E-state index < -0.39 is 5.54 Å². The van der Waals surface area contributed by atoms with E-state index >= 15 is 0 Å². The van der Waals surface area contributed by atoms with Crippen molar-refractivity contribution in [2.24, 2.45) is 0 Å². The Morgan fingerprint density at radius 3 is 2.54 bits per heavy atom. The van der Waals surface area contributed by atoms with Crippen LogP contribution in [0.15, 0.2) is 35.0 Å². The number of benzene rings is 1. The minimum absolute atomic E-state index is 0.264. The Labute approximate surface area is 169 Å². The number of hydrogen-bond donors (Lipinski definition) is 1. The molecule has 1 N–H and O–H groups in total. The molecular formula is C20H24ClN5O2. The van der Waals surface area contributed by atoms with Gasteiger partial charge in [0, 0.05) is 10.4 Å². The Hall–Kier alpha value is -2.67. The van der Waals surface area contributed by atoms with Crippen molar-refractivity contribution in [1.82, 2.24) is 25.2 Å². The lowest BCUT2D eigenvalue weighted by Gasteiger charge is -2.22. The van der Waals surface area contributed by atoms with Crippen LogP contribution >= 0.6 is 11.6 Å². The topological polar surface area (TPSA) is 85.8 Å². The van der Waals surface area contributed by atoms with E-state index in [-0.39, 0.29) is 11.3 Å². The van der Waals surface area contributed by atoms with E-state index in [2.05, 4.69) is 20.6 Å². The molecule has 0 aliphatic heterocycles. The van der Waals surface area contributed by atoms with Gasteiger partial charge in [-0.05, 0) is 39.0 Å². The Balaban J connectivity index is 1.84. The quantitative estimate of drug-likeness (QED) is 0.708. The number of amides is 1. The summed E-state index contributed by atoms with van der Waals surface area (Å²) in [5.41, 5.74) is 0.886. The van der Waals surface area contributed by atoms with Gasteiger partial charge in [0.2, 0.25) is 5.89 Å². The molecule has 148 valence electrons. The Kier molecular flexibility index (Phi) is 5.06. The number of rotatable bonds is 4. The third-order valence-corrected chi connectivity index (χ3v) is 4.59. The molecule has 0 unspecified atom stereocenters. The molecule has 0 aliphatic rings. The SMILES string of the molecule is Cc1c(C(=O)NC(C)(C)c2noc(C(C)(C)C)n2)cnn1-c1cccc(Cl)c1. The summed E-state index contributed by atoms with van der Waals surface area (Å²) >= 11 is 6.06. The molecule has 0 bridgehead atoms. The van der Waals surface area contributed by atoms with Gasteiger partial charge in [-0.15, -0.1) is 0 Å². The number of aromatic nitrogens is 4. The zero-order valence-corrected chi connectivity index (χ0v) is 17.6. The predicted octanol–water partition coefficient (Wildman–Crippen LogP) is 4.18. The molecule has 1 aromatic carbocycles. The number of carbonyl (C=O) groups excluding carboxylic acids is 1. The highest BCUT2D eigenvalue weighted by Gasteiger charge is 2.32. The second-order valence-electron chi connectivity index (χ2n) is 8.29. The highest BCUT2D eigenvalue weighted by molar-refractivity contribution is 6.30. The second-order valence-corrected chi connectivity index (χ2v) is 8.72. The number of hydrogen-bond acceptors (Lipinski definition) is 5. The molecule has 8 heteroatoms. The molecule has 7 nitrogen and oxygen atoms in total. The number of halogens is 1. The Bertz CT molecular complexity index is 1010. The molecule has 0 radical (unpaired) electrons. The molecule has 28 heavy (non-hydrogen) atoms. The minimum atomic E-state index is -0.811. The van der Waals surface area contributed by atoms with Crippen molar-refractivity contribution in [3.05, 3.63) is 58.5 Å². The molecule has 3 rings (SSSR count). The van der Waals surface area contributed by atoms with Crippen LogP contribution in [0, 0.1) is 6.92 Å². The van der Waals surface area contributed by atoms with E-state index in [0.29, 0.717) is 28.0 Å². The number of nitrogens with one attached hydrogen (secondary N) is 1. The normalized spacial score (nSPS) is 12.2. The molecule has 1 amide bonds. The van der Waals surface area contributed by atoms with Crippen molar-refractivity contribution in [3.8, 4) is 5.69 Å². The maximum absolute atomic E-state index is 12.9. The molecule has 0 aliphatic carbocycles. The monoisotopic (exact) mass is 401 g/mol. The third-order valence-electron chi connectivity index (χ3n) is 4.36. The van der Waals surface area contributed by atoms with E-state index in [1.807, 2.05) is 53.7 Å². The number of nitrogens with zero attached hydrogens (tertiary/aromatic N) is 4. The largest absolute Gasteiger partial charge is 0.340 e. The first-order valence-electron chi connectivity index (χ1n) is 8.97. The van der Waals surface area contributed by atoms with Crippen LogP contribution in [0.4, 0.5) is 0 Å². The molecule has 0 saturated heterocycles. The summed E-state index contributed by atoms with van der Waals surface area (Å²) in [6.07, 6.45) is 1.54. The molecule has 0 spiro atoms. The van der Waals surface area contributed by atoms with Crippen LogP contribution < -0.4 is 5.32 Å². The summed E-state index contributed by atoms with van der Waals surface area (Å²) in [6.45, 7) is 11.5. The van der Waals surface area contributed by atoms with Gasteiger partial charge in [0.15, 0.2) is 5.82 Å². The van der Waals surface area contributed by atoms with Crippen LogP contribution in [-0.4, -0.2) is 25.8 Å². The lowest BCUT2D eigenvalue weighted by Crippen LogP contribution is -2.42. The summed E-state index contributed by atoms with van der Waals surface area (Å²) in [4.78, 5) is 17.3. The molecule has 0 fully saturated rings. The van der Waals surface area contributed by atoms with E-state index in [9.17, 15) is 4.79 Å². The fraction of sp³-hybridized carbons (Fsp3) is 0.400. The van der Waals surface area contributed by atoms with E-state index in [1.54, 1.807) is 23.0 Å². The first kappa shape index (κ1) is 20.1. The smallest absolute Gasteiger partial charge is 0.255 e. The van der Waals surface area contributed by atoms with Crippen LogP contribution in [0.25, 0.3) is 5.69 Å². The predicted molar refractivity (Wildman–Crippen MR) is 107 cm³/mol. The van der Waals surface area contributed by atoms with Crippen LogP contribution in [-0.2, 0) is 11.0 Å². The molecule has 0 atom stereocenters. The van der Waals surface area contributed by atoms with Crippen LogP contribution in [0.5, 0.6) is 0 Å². The zero-order valence-electron chi connectivity index (χ0n) is 16.9. The van der Waals surface area contributed by atoms with Gasteiger partial charge in [-0.2, -0.15) is 10.1 Å². The first-order chi connectivity index (χ1) is 13.0. The molecule has 2 aromatic heterocycles. The van der Waals surface area contributed by atoms with Gasteiger partial charge in [-0.25, -0.2) is 4.68 Å². The van der Waals surface area contributed by atoms with Crippen molar-refractivity contribution >= 4 is 17.5 Å². The summed E-state index contributed by atoms with van der Waals surface area (Å²) in [5.74, 6) is 0.679. The molecule has 3 aromatic rings. The van der Waals surface area contributed by atoms with Crippen molar-refractivity contribution < 1.29 is 9.32 Å². The van der Waals surface area contributed by atoms with E-state index in [4.69, 9.17) is 16.1 Å². The maximum Gasteiger partial charge on any atom is 0.255 e. The van der Waals surface area contributed by atoms with Crippen LogP contribution in [0.3, 0.4) is 0 Å². The average Bonchev–Trinajstić information content (AvgIpc) is 3.21. The van der Waals surface area contributed by atoms with Crippen molar-refractivity contribution in [2.45, 2.75) is 52.5 Å². The minimum Gasteiger partial charge on any atom is -0.340 e. The second kappa shape index (κ2) is 7.05. The summed E-state index contributed by atoms with van der Waals surface area (Å²) in [6, 6.07) is 7.30. The first-order valence-corrected chi connectivity index (χ1v) is 9.34. The summed E-state index contributed by atoms with van der Waals surface area (Å²) in [5, 5.41) is 12.0. The lowest BCUT2D eigenvalue weighted by atomic mass is 9.97. The van der Waals surface area contributed by atoms with Gasteiger partial charge in [-0.1, -0.05) is 43.6 Å². The van der Waals surface area contributed by atoms with Crippen molar-refractivity contribution in [2.75, 3.05) is 0 Å². The zero-order chi connectivity index (χ0) is 20.7. The fourth-order valence-electron chi connectivity index (χ4n) is 2.69. The van der Waals surface area contributed by atoms with Crippen molar-refractivity contribution in [1.29, 1.82) is 0 Å². The van der Waals surface area contributed by atoms with Crippen molar-refractivity contribution in [3.63, 3.8) is 0 Å². The standard InChI is InChI=1S/C20H24ClN5O2/c1-12-15(11-22-26(12)14-9-7-8-13(21)10-14)16(27)24-20(5,6)17-23-18(28-25-17)19(2,3)4/h7-11H,1-6H3,(H,24,27). The van der Waals surface area contributed by atoms with Crippen LogP contribution in [0.1, 0.15) is 62.4 Å². The Morgan fingerprint density at radius 2 is 1.93 bits per heavy atom. The maximum atomic E-state index is 12.9. The van der Waals surface area contributed by atoms with Gasteiger partial charge < -0.3 is 9.84 Å². The average molecular weight is 402 g/mol. The molecular weight excluding hydrogens is 378 g/mol. The van der Waals surface area contributed by atoms with Gasteiger partial charge in [0.1, 0.15) is 0 Å². The molecule has 0 saturated carbocycles. The third kappa shape index (κ3) is 3.94. The number of carbonyl (C=O) groups is 1. The fourth-order valence-corrected chi connectivity index (χ4v) is 2.87. The van der Waals surface area contributed by atoms with E-state index in [0.717, 1.165) is 5.69 Å². The lowest BCUT2D eigenvalue weighted by molar-refractivity contribution is 0.0906.